The number of benzene rings is 1. The molecular weight excluding hydrogens is 255 g/mol. The Balaban J connectivity index is 2.03. The number of hydrogen-bond donors (Lipinski definition) is 1. The summed E-state index contributed by atoms with van der Waals surface area (Å²) in [5.41, 5.74) is 1.70. The molecule has 0 radical (unpaired) electrons. The van der Waals surface area contributed by atoms with Crippen LogP contribution in [0.4, 0.5) is 10.1 Å². The zero-order chi connectivity index (χ0) is 14.5. The summed E-state index contributed by atoms with van der Waals surface area (Å²) in [6.45, 7) is 6.54. The monoisotopic (exact) mass is 280 g/mol. The van der Waals surface area contributed by atoms with Crippen LogP contribution in [0.2, 0.25) is 0 Å². The van der Waals surface area contributed by atoms with E-state index in [1.54, 1.807) is 6.07 Å². The number of rotatable bonds is 5. The second-order valence-corrected chi connectivity index (χ2v) is 5.36. The maximum atomic E-state index is 14.3. The van der Waals surface area contributed by atoms with Gasteiger partial charge >= 0.3 is 0 Å². The predicted molar refractivity (Wildman–Crippen MR) is 80.7 cm³/mol. The number of halogens is 1. The van der Waals surface area contributed by atoms with Crippen LogP contribution in [0.1, 0.15) is 38.3 Å². The van der Waals surface area contributed by atoms with Gasteiger partial charge in [0.1, 0.15) is 5.82 Å². The first-order valence-electron chi connectivity index (χ1n) is 7.49. The third-order valence-electron chi connectivity index (χ3n) is 4.09. The summed E-state index contributed by atoms with van der Waals surface area (Å²) in [5.74, 6) is -0.126. The quantitative estimate of drug-likeness (QED) is 0.897. The molecule has 3 nitrogen and oxygen atoms in total. The molecule has 0 amide bonds. The van der Waals surface area contributed by atoms with Crippen molar-refractivity contribution < 1.29 is 9.13 Å². The Morgan fingerprint density at radius 3 is 2.65 bits per heavy atom. The molecule has 0 aliphatic carbocycles. The van der Waals surface area contributed by atoms with Gasteiger partial charge in [0.25, 0.3) is 0 Å². The fourth-order valence-corrected chi connectivity index (χ4v) is 2.71. The molecule has 1 atom stereocenters. The zero-order valence-electron chi connectivity index (χ0n) is 12.7. The summed E-state index contributed by atoms with van der Waals surface area (Å²) in [4.78, 5) is 2.12. The molecule has 1 unspecified atom stereocenters. The largest absolute Gasteiger partial charge is 0.378 e. The molecule has 1 aromatic rings. The van der Waals surface area contributed by atoms with Gasteiger partial charge < -0.3 is 15.0 Å². The maximum absolute atomic E-state index is 14.3. The van der Waals surface area contributed by atoms with E-state index in [-0.39, 0.29) is 11.9 Å². The topological polar surface area (TPSA) is 24.5 Å². The number of hydrogen-bond acceptors (Lipinski definition) is 3. The highest BCUT2D eigenvalue weighted by molar-refractivity contribution is 5.50. The average Bonchev–Trinajstić information content (AvgIpc) is 2.47. The van der Waals surface area contributed by atoms with Gasteiger partial charge in [-0.1, -0.05) is 6.07 Å². The van der Waals surface area contributed by atoms with Gasteiger partial charge in [0, 0.05) is 25.7 Å². The molecule has 1 saturated heterocycles. The first kappa shape index (κ1) is 15.3. The van der Waals surface area contributed by atoms with Gasteiger partial charge in [-0.05, 0) is 51.4 Å². The molecule has 1 N–H and O–H groups in total. The molecule has 2 rings (SSSR count). The second kappa shape index (κ2) is 7.04. The van der Waals surface area contributed by atoms with Crippen molar-refractivity contribution >= 4 is 5.69 Å². The smallest absolute Gasteiger partial charge is 0.146 e. The molecule has 112 valence electrons. The minimum absolute atomic E-state index is 0.126. The van der Waals surface area contributed by atoms with Crippen LogP contribution in [-0.2, 0) is 4.74 Å². The van der Waals surface area contributed by atoms with Crippen LogP contribution in [0.5, 0.6) is 0 Å². The van der Waals surface area contributed by atoms with E-state index in [1.165, 1.54) is 0 Å². The van der Waals surface area contributed by atoms with Crippen LogP contribution in [-0.4, -0.2) is 32.8 Å². The second-order valence-electron chi connectivity index (χ2n) is 5.36. The van der Waals surface area contributed by atoms with Crippen LogP contribution in [0, 0.1) is 5.82 Å². The van der Waals surface area contributed by atoms with Gasteiger partial charge in [-0.2, -0.15) is 0 Å². The van der Waals surface area contributed by atoms with E-state index in [4.69, 9.17) is 4.74 Å². The van der Waals surface area contributed by atoms with E-state index in [9.17, 15) is 4.39 Å². The standard InChI is InChI=1S/C16H25FN2O/c1-4-20-14-7-9-19(10-8-14)16-6-5-13(11-15(16)17)12(2)18-3/h5-6,11-12,14,18H,4,7-10H2,1-3H3. The number of piperidine rings is 1. The number of ether oxygens (including phenoxy) is 1. The highest BCUT2D eigenvalue weighted by Gasteiger charge is 2.21. The van der Waals surface area contributed by atoms with Gasteiger partial charge in [0.2, 0.25) is 0 Å². The fraction of sp³-hybridized carbons (Fsp3) is 0.625. The summed E-state index contributed by atoms with van der Waals surface area (Å²) in [6.07, 6.45) is 2.28. The molecular formula is C16H25FN2O. The third-order valence-corrected chi connectivity index (χ3v) is 4.09. The van der Waals surface area contributed by atoms with Crippen LogP contribution >= 0.6 is 0 Å². The van der Waals surface area contributed by atoms with Gasteiger partial charge in [0.05, 0.1) is 11.8 Å². The first-order valence-corrected chi connectivity index (χ1v) is 7.49. The van der Waals surface area contributed by atoms with E-state index in [2.05, 4.69) is 10.2 Å². The number of nitrogens with one attached hydrogen (secondary N) is 1. The lowest BCUT2D eigenvalue weighted by atomic mass is 10.0. The SMILES string of the molecule is CCOC1CCN(c2ccc(C(C)NC)cc2F)CC1. The Hall–Kier alpha value is -1.13. The molecule has 0 bridgehead atoms. The lowest BCUT2D eigenvalue weighted by Crippen LogP contribution is -2.37. The lowest BCUT2D eigenvalue weighted by Gasteiger charge is -2.33. The van der Waals surface area contributed by atoms with E-state index < -0.39 is 0 Å². The Morgan fingerprint density at radius 2 is 2.10 bits per heavy atom. The number of anilines is 1. The van der Waals surface area contributed by atoms with Crippen molar-refractivity contribution in [3.05, 3.63) is 29.6 Å². The molecule has 1 aliphatic rings. The van der Waals surface area contributed by atoms with Crippen LogP contribution in [0.25, 0.3) is 0 Å². The zero-order valence-corrected chi connectivity index (χ0v) is 12.7. The third kappa shape index (κ3) is 3.49. The van der Waals surface area contributed by atoms with Crippen molar-refractivity contribution in [3.63, 3.8) is 0 Å². The fourth-order valence-electron chi connectivity index (χ4n) is 2.71. The molecule has 1 aliphatic heterocycles. The average molecular weight is 280 g/mol. The van der Waals surface area contributed by atoms with Crippen LogP contribution < -0.4 is 10.2 Å². The Morgan fingerprint density at radius 1 is 1.40 bits per heavy atom. The molecule has 1 heterocycles. The van der Waals surface area contributed by atoms with Crippen molar-refractivity contribution in [2.24, 2.45) is 0 Å². The van der Waals surface area contributed by atoms with Crippen LogP contribution in [0.15, 0.2) is 18.2 Å². The Bertz CT molecular complexity index is 430. The summed E-state index contributed by atoms with van der Waals surface area (Å²) in [5, 5.41) is 3.13. The highest BCUT2D eigenvalue weighted by atomic mass is 19.1. The van der Waals surface area contributed by atoms with E-state index >= 15 is 0 Å². The minimum Gasteiger partial charge on any atom is -0.378 e. The van der Waals surface area contributed by atoms with Gasteiger partial charge in [0.15, 0.2) is 0 Å². The molecule has 0 spiro atoms. The molecule has 20 heavy (non-hydrogen) atoms. The van der Waals surface area contributed by atoms with Crippen molar-refractivity contribution in [1.29, 1.82) is 0 Å². The van der Waals surface area contributed by atoms with Crippen LogP contribution in [0.3, 0.4) is 0 Å². The molecule has 4 heteroatoms. The Kier molecular flexibility index (Phi) is 5.38. The van der Waals surface area contributed by atoms with Gasteiger partial charge in [-0.25, -0.2) is 4.39 Å². The van der Waals surface area contributed by atoms with Gasteiger partial charge in [-0.3, -0.25) is 0 Å². The summed E-state index contributed by atoms with van der Waals surface area (Å²) in [6, 6.07) is 5.72. The maximum Gasteiger partial charge on any atom is 0.146 e. The van der Waals surface area contributed by atoms with E-state index in [0.717, 1.165) is 38.1 Å². The van der Waals surface area contributed by atoms with E-state index in [1.807, 2.05) is 33.0 Å². The van der Waals surface area contributed by atoms with Crippen molar-refractivity contribution in [1.82, 2.24) is 5.32 Å². The molecule has 1 fully saturated rings. The molecule has 1 aromatic carbocycles. The van der Waals surface area contributed by atoms with Crippen molar-refractivity contribution in [2.45, 2.75) is 38.8 Å². The predicted octanol–water partition coefficient (Wildman–Crippen LogP) is 3.11. The lowest BCUT2D eigenvalue weighted by molar-refractivity contribution is 0.0458. The molecule has 0 saturated carbocycles. The summed E-state index contributed by atoms with van der Waals surface area (Å²) in [7, 11) is 1.88. The minimum atomic E-state index is -0.126. The number of nitrogens with zero attached hydrogens (tertiary/aromatic N) is 1. The Labute approximate surface area is 121 Å². The summed E-state index contributed by atoms with van der Waals surface area (Å²) >= 11 is 0. The highest BCUT2D eigenvalue weighted by Crippen LogP contribution is 2.26. The molecule has 0 aromatic heterocycles. The van der Waals surface area contributed by atoms with Crippen molar-refractivity contribution in [2.75, 3.05) is 31.6 Å². The van der Waals surface area contributed by atoms with Gasteiger partial charge in [-0.15, -0.1) is 0 Å². The summed E-state index contributed by atoms with van der Waals surface area (Å²) < 4.78 is 19.9. The van der Waals surface area contributed by atoms with Crippen molar-refractivity contribution in [3.8, 4) is 0 Å². The normalized spacial score (nSPS) is 18.3. The first-order chi connectivity index (χ1) is 9.65. The van der Waals surface area contributed by atoms with E-state index in [0.29, 0.717) is 11.8 Å².